The van der Waals surface area contributed by atoms with Crippen molar-refractivity contribution in [2.75, 3.05) is 0 Å². The molecule has 0 fully saturated rings. The molecule has 2 aromatic rings. The largest absolute Gasteiger partial charge is 0.478 e. The van der Waals surface area contributed by atoms with Gasteiger partial charge in [-0.2, -0.15) is 0 Å². The fourth-order valence-corrected chi connectivity index (χ4v) is 3.06. The van der Waals surface area contributed by atoms with Crippen molar-refractivity contribution >= 4 is 17.7 Å². The zero-order valence-electron chi connectivity index (χ0n) is 15.5. The average Bonchev–Trinajstić information content (AvgIpc) is 2.62. The second-order valence-corrected chi connectivity index (χ2v) is 7.14. The summed E-state index contributed by atoms with van der Waals surface area (Å²) >= 11 is 0. The molecule has 4 heteroatoms. The fourth-order valence-electron chi connectivity index (χ4n) is 3.06. The van der Waals surface area contributed by atoms with E-state index in [-0.39, 0.29) is 16.9 Å². The quantitative estimate of drug-likeness (QED) is 0.638. The van der Waals surface area contributed by atoms with E-state index in [1.165, 1.54) is 6.92 Å². The van der Waals surface area contributed by atoms with Crippen LogP contribution in [-0.4, -0.2) is 17.0 Å². The molecule has 1 N–H and O–H groups in total. The Morgan fingerprint density at radius 3 is 2.30 bits per heavy atom. The van der Waals surface area contributed by atoms with Crippen LogP contribution in [0.4, 0.5) is 0 Å². The van der Waals surface area contributed by atoms with Gasteiger partial charge in [-0.05, 0) is 65.9 Å². The highest BCUT2D eigenvalue weighted by molar-refractivity contribution is 5.87. The maximum absolute atomic E-state index is 11.4. The molecule has 0 saturated carbocycles. The summed E-state index contributed by atoms with van der Waals surface area (Å²) in [5.41, 5.74) is 3.76. The highest BCUT2D eigenvalue weighted by Gasteiger charge is 2.29. The number of esters is 1. The standard InChI is InChI=1S/C23H20O4/c1-15(24)27-21-12-13-23(2,3)20-14-17(8-11-19(20)21)5-4-16-6-9-18(10-7-16)22(25)26/h6-12,14H,13H2,1-3H3,(H,25,26). The lowest BCUT2D eigenvalue weighted by molar-refractivity contribution is -0.134. The first-order valence-electron chi connectivity index (χ1n) is 8.65. The molecule has 0 unspecified atom stereocenters. The first-order valence-corrected chi connectivity index (χ1v) is 8.65. The number of ether oxygens (including phenoxy) is 1. The molecule has 136 valence electrons. The molecule has 0 atom stereocenters. The molecule has 0 amide bonds. The van der Waals surface area contributed by atoms with Crippen LogP contribution in [0.15, 0.2) is 48.5 Å². The Bertz CT molecular complexity index is 999. The summed E-state index contributed by atoms with van der Waals surface area (Å²) in [5.74, 6) is 5.50. The summed E-state index contributed by atoms with van der Waals surface area (Å²) < 4.78 is 5.35. The minimum Gasteiger partial charge on any atom is -0.478 e. The van der Waals surface area contributed by atoms with Crippen LogP contribution in [0.25, 0.3) is 5.76 Å². The van der Waals surface area contributed by atoms with Gasteiger partial charge in [0, 0.05) is 23.6 Å². The SMILES string of the molecule is CC(=O)OC1=CCC(C)(C)c2cc(C#Cc3ccc(C(=O)O)cc3)ccc21. The molecule has 0 aromatic heterocycles. The van der Waals surface area contributed by atoms with Crippen LogP contribution in [0.3, 0.4) is 0 Å². The fraction of sp³-hybridized carbons (Fsp3) is 0.217. The Labute approximate surface area is 158 Å². The van der Waals surface area contributed by atoms with Gasteiger partial charge in [-0.25, -0.2) is 4.79 Å². The molecular weight excluding hydrogens is 340 g/mol. The van der Waals surface area contributed by atoms with Crippen LogP contribution in [0.5, 0.6) is 0 Å². The zero-order chi connectivity index (χ0) is 19.6. The third-order valence-corrected chi connectivity index (χ3v) is 4.55. The number of allylic oxidation sites excluding steroid dienone is 1. The number of benzene rings is 2. The number of hydrogen-bond donors (Lipinski definition) is 1. The van der Waals surface area contributed by atoms with Gasteiger partial charge in [0.25, 0.3) is 0 Å². The third kappa shape index (κ3) is 4.09. The molecule has 0 radical (unpaired) electrons. The van der Waals surface area contributed by atoms with Crippen LogP contribution >= 0.6 is 0 Å². The Morgan fingerprint density at radius 1 is 1.04 bits per heavy atom. The van der Waals surface area contributed by atoms with Crippen LogP contribution in [0.1, 0.15) is 59.8 Å². The summed E-state index contributed by atoms with van der Waals surface area (Å²) in [6.07, 6.45) is 2.73. The number of hydrogen-bond acceptors (Lipinski definition) is 3. The zero-order valence-corrected chi connectivity index (χ0v) is 15.5. The van der Waals surface area contributed by atoms with Crippen LogP contribution < -0.4 is 0 Å². The van der Waals surface area contributed by atoms with Crippen LogP contribution in [0, 0.1) is 11.8 Å². The normalized spacial score (nSPS) is 14.3. The molecule has 1 aliphatic carbocycles. The summed E-state index contributed by atoms with van der Waals surface area (Å²) in [6, 6.07) is 12.3. The van der Waals surface area contributed by atoms with Gasteiger partial charge >= 0.3 is 11.9 Å². The molecule has 0 aliphatic heterocycles. The van der Waals surface area contributed by atoms with Gasteiger partial charge in [0.15, 0.2) is 0 Å². The third-order valence-electron chi connectivity index (χ3n) is 4.55. The highest BCUT2D eigenvalue weighted by Crippen LogP contribution is 2.39. The predicted octanol–water partition coefficient (Wildman–Crippen LogP) is 4.37. The summed E-state index contributed by atoms with van der Waals surface area (Å²) in [5, 5.41) is 8.95. The van der Waals surface area contributed by atoms with E-state index in [0.29, 0.717) is 5.76 Å². The van der Waals surface area contributed by atoms with Crippen molar-refractivity contribution in [2.45, 2.75) is 32.6 Å². The Kier molecular flexibility index (Phi) is 4.87. The molecule has 1 aliphatic rings. The second kappa shape index (κ2) is 7.13. The van der Waals surface area contributed by atoms with E-state index in [4.69, 9.17) is 9.84 Å². The topological polar surface area (TPSA) is 63.6 Å². The number of fused-ring (bicyclic) bond motifs is 1. The maximum Gasteiger partial charge on any atom is 0.335 e. The van der Waals surface area contributed by atoms with E-state index in [1.807, 2.05) is 24.3 Å². The minimum atomic E-state index is -0.955. The summed E-state index contributed by atoms with van der Waals surface area (Å²) in [4.78, 5) is 22.3. The second-order valence-electron chi connectivity index (χ2n) is 7.14. The number of carboxylic acids is 1. The lowest BCUT2D eigenvalue weighted by Crippen LogP contribution is -2.22. The van der Waals surface area contributed by atoms with E-state index < -0.39 is 5.97 Å². The first-order chi connectivity index (χ1) is 12.8. The van der Waals surface area contributed by atoms with Gasteiger partial charge < -0.3 is 9.84 Å². The van der Waals surface area contributed by atoms with Crippen molar-refractivity contribution in [1.82, 2.24) is 0 Å². The van der Waals surface area contributed by atoms with Gasteiger partial charge in [-0.1, -0.05) is 25.7 Å². The molecule has 2 aromatic carbocycles. The van der Waals surface area contributed by atoms with E-state index in [1.54, 1.807) is 24.3 Å². The Morgan fingerprint density at radius 2 is 1.67 bits per heavy atom. The van der Waals surface area contributed by atoms with Gasteiger partial charge in [0.2, 0.25) is 0 Å². The lowest BCUT2D eigenvalue weighted by atomic mass is 9.74. The number of carbonyl (C=O) groups is 2. The van der Waals surface area contributed by atoms with E-state index in [0.717, 1.165) is 28.7 Å². The monoisotopic (exact) mass is 360 g/mol. The highest BCUT2D eigenvalue weighted by atomic mass is 16.5. The van der Waals surface area contributed by atoms with E-state index in [9.17, 15) is 9.59 Å². The van der Waals surface area contributed by atoms with Gasteiger partial charge in [0.05, 0.1) is 5.56 Å². The van der Waals surface area contributed by atoms with Crippen molar-refractivity contribution in [1.29, 1.82) is 0 Å². The molecule has 0 bridgehead atoms. The van der Waals surface area contributed by atoms with Crippen LogP contribution in [-0.2, 0) is 14.9 Å². The Hall–Kier alpha value is -3.32. The number of carboxylic acid groups (broad SMARTS) is 1. The average molecular weight is 360 g/mol. The number of aromatic carboxylic acids is 1. The smallest absolute Gasteiger partial charge is 0.335 e. The van der Waals surface area contributed by atoms with Crippen molar-refractivity contribution in [3.05, 3.63) is 76.4 Å². The van der Waals surface area contributed by atoms with E-state index in [2.05, 4.69) is 25.7 Å². The van der Waals surface area contributed by atoms with Gasteiger partial charge in [0.1, 0.15) is 5.76 Å². The maximum atomic E-state index is 11.4. The molecule has 0 heterocycles. The minimum absolute atomic E-state index is 0.0835. The van der Waals surface area contributed by atoms with Crippen molar-refractivity contribution < 1.29 is 19.4 Å². The molecule has 27 heavy (non-hydrogen) atoms. The Balaban J connectivity index is 1.93. The van der Waals surface area contributed by atoms with Gasteiger partial charge in [-0.3, -0.25) is 4.79 Å². The predicted molar refractivity (Wildman–Crippen MR) is 103 cm³/mol. The first kappa shape index (κ1) is 18.5. The van der Waals surface area contributed by atoms with Gasteiger partial charge in [-0.15, -0.1) is 0 Å². The van der Waals surface area contributed by atoms with Crippen molar-refractivity contribution in [3.63, 3.8) is 0 Å². The molecular formula is C23H20O4. The van der Waals surface area contributed by atoms with Crippen LogP contribution in [0.2, 0.25) is 0 Å². The lowest BCUT2D eigenvalue weighted by Gasteiger charge is -2.31. The van der Waals surface area contributed by atoms with E-state index >= 15 is 0 Å². The number of rotatable bonds is 2. The molecule has 0 spiro atoms. The van der Waals surface area contributed by atoms with Crippen molar-refractivity contribution in [3.8, 4) is 11.8 Å². The van der Waals surface area contributed by atoms with Crippen molar-refractivity contribution in [2.24, 2.45) is 0 Å². The molecule has 0 saturated heterocycles. The molecule has 3 rings (SSSR count). The molecule has 4 nitrogen and oxygen atoms in total. The number of carbonyl (C=O) groups excluding carboxylic acids is 1. The summed E-state index contributed by atoms with van der Waals surface area (Å²) in [6.45, 7) is 5.69. The summed E-state index contributed by atoms with van der Waals surface area (Å²) in [7, 11) is 0.